The van der Waals surface area contributed by atoms with Gasteiger partial charge < -0.3 is 15.7 Å². The van der Waals surface area contributed by atoms with E-state index < -0.39 is 17.7 Å². The minimum Gasteiger partial charge on any atom is -0.506 e. The van der Waals surface area contributed by atoms with Crippen LogP contribution in [0.3, 0.4) is 0 Å². The summed E-state index contributed by atoms with van der Waals surface area (Å²) in [6.45, 7) is 1.81. The number of carbonyl (C=O) groups is 3. The third-order valence-corrected chi connectivity index (χ3v) is 5.77. The number of anilines is 3. The van der Waals surface area contributed by atoms with Crippen LogP contribution in [0.4, 0.5) is 17.1 Å². The molecular formula is C24H17Cl2N3O4. The average Bonchev–Trinajstić information content (AvgIpc) is 3.01. The normalized spacial score (nSPS) is 13.5. The quantitative estimate of drug-likeness (QED) is 0.350. The van der Waals surface area contributed by atoms with E-state index in [0.717, 1.165) is 10.5 Å². The zero-order chi connectivity index (χ0) is 23.7. The van der Waals surface area contributed by atoms with Crippen molar-refractivity contribution < 1.29 is 19.5 Å². The van der Waals surface area contributed by atoms with E-state index in [-0.39, 0.29) is 22.2 Å². The summed E-state index contributed by atoms with van der Waals surface area (Å²) in [5.41, 5.74) is 2.11. The Balaban J connectivity index is 1.50. The Labute approximate surface area is 199 Å². The number of hydrogen-bond acceptors (Lipinski definition) is 5. The summed E-state index contributed by atoms with van der Waals surface area (Å²) in [6, 6.07) is 17.4. The molecule has 1 aliphatic rings. The highest BCUT2D eigenvalue weighted by Crippen LogP contribution is 2.32. The maximum Gasteiger partial charge on any atom is 0.283 e. The Morgan fingerprint density at radius 1 is 0.939 bits per heavy atom. The first-order chi connectivity index (χ1) is 15.8. The molecule has 7 nitrogen and oxygen atoms in total. The van der Waals surface area contributed by atoms with Crippen molar-refractivity contribution in [3.05, 3.63) is 93.6 Å². The van der Waals surface area contributed by atoms with Crippen LogP contribution in [0.1, 0.15) is 15.9 Å². The van der Waals surface area contributed by atoms with Crippen LogP contribution in [-0.2, 0) is 9.59 Å². The molecule has 0 aromatic heterocycles. The molecule has 3 aromatic rings. The van der Waals surface area contributed by atoms with Crippen molar-refractivity contribution in [2.75, 3.05) is 15.5 Å². The van der Waals surface area contributed by atoms with E-state index in [4.69, 9.17) is 23.2 Å². The highest BCUT2D eigenvalue weighted by atomic mass is 35.5. The number of nitrogens with zero attached hydrogens (tertiary/aromatic N) is 1. The van der Waals surface area contributed by atoms with E-state index in [9.17, 15) is 19.5 Å². The Kier molecular flexibility index (Phi) is 6.09. The Morgan fingerprint density at radius 2 is 1.64 bits per heavy atom. The van der Waals surface area contributed by atoms with Crippen molar-refractivity contribution in [2.24, 2.45) is 0 Å². The monoisotopic (exact) mass is 481 g/mol. The highest BCUT2D eigenvalue weighted by Gasteiger charge is 2.39. The van der Waals surface area contributed by atoms with Crippen LogP contribution in [0.25, 0.3) is 0 Å². The van der Waals surface area contributed by atoms with Gasteiger partial charge >= 0.3 is 0 Å². The molecule has 0 atom stereocenters. The van der Waals surface area contributed by atoms with Gasteiger partial charge in [0.15, 0.2) is 0 Å². The summed E-state index contributed by atoms with van der Waals surface area (Å²) < 4.78 is 0. The molecule has 0 radical (unpaired) electrons. The van der Waals surface area contributed by atoms with Gasteiger partial charge in [0.2, 0.25) is 0 Å². The molecule has 0 spiro atoms. The van der Waals surface area contributed by atoms with E-state index in [1.165, 1.54) is 24.3 Å². The van der Waals surface area contributed by atoms with Gasteiger partial charge in [0.1, 0.15) is 16.5 Å². The number of phenolic OH excluding ortho intramolecular Hbond substituents is 1. The van der Waals surface area contributed by atoms with Crippen LogP contribution in [0.15, 0.2) is 77.5 Å². The standard InChI is InChI=1S/C24H17Cl2N3O4/c1-13-6-11-16(12-17(13)25)29-23(32)20(26)21(24(29)33)27-15-9-7-14(8-10-15)22(31)28-18-4-2-3-5-19(18)30/h2-12,27,30H,1H3,(H,28,31). The summed E-state index contributed by atoms with van der Waals surface area (Å²) in [6.07, 6.45) is 0. The lowest BCUT2D eigenvalue weighted by atomic mass is 10.1. The molecule has 3 aromatic carbocycles. The van der Waals surface area contributed by atoms with Crippen molar-refractivity contribution in [1.82, 2.24) is 0 Å². The number of hydrogen-bond donors (Lipinski definition) is 3. The molecule has 9 heteroatoms. The minimum absolute atomic E-state index is 0.0467. The lowest BCUT2D eigenvalue weighted by molar-refractivity contribution is -0.120. The molecular weight excluding hydrogens is 465 g/mol. The van der Waals surface area contributed by atoms with Crippen molar-refractivity contribution >= 4 is 58.0 Å². The number of nitrogens with one attached hydrogen (secondary N) is 2. The third kappa shape index (κ3) is 4.41. The SMILES string of the molecule is Cc1ccc(N2C(=O)C(Cl)=C(Nc3ccc(C(=O)Nc4ccccc4O)cc3)C2=O)cc1Cl. The zero-order valence-corrected chi connectivity index (χ0v) is 18.7. The predicted octanol–water partition coefficient (Wildman–Crippen LogP) is 5.04. The molecule has 3 amide bonds. The van der Waals surface area contributed by atoms with Crippen LogP contribution in [0.5, 0.6) is 5.75 Å². The van der Waals surface area contributed by atoms with Crippen LogP contribution < -0.4 is 15.5 Å². The summed E-state index contributed by atoms with van der Waals surface area (Å²) in [5.74, 6) is -1.75. The Morgan fingerprint density at radius 3 is 2.30 bits per heavy atom. The van der Waals surface area contributed by atoms with Gasteiger partial charge in [-0.3, -0.25) is 14.4 Å². The molecule has 0 bridgehead atoms. The summed E-state index contributed by atoms with van der Waals surface area (Å²) in [5, 5.41) is 15.4. The average molecular weight is 482 g/mol. The zero-order valence-electron chi connectivity index (χ0n) is 17.2. The third-order valence-electron chi connectivity index (χ3n) is 5.01. The molecule has 0 fully saturated rings. The fourth-order valence-electron chi connectivity index (χ4n) is 3.19. The fraction of sp³-hybridized carbons (Fsp3) is 0.0417. The number of amides is 3. The minimum atomic E-state index is -0.664. The molecule has 166 valence electrons. The number of benzene rings is 3. The molecule has 1 aliphatic heterocycles. The number of aromatic hydroxyl groups is 1. The fourth-order valence-corrected chi connectivity index (χ4v) is 3.58. The van der Waals surface area contributed by atoms with E-state index in [2.05, 4.69) is 10.6 Å². The number of rotatable bonds is 5. The second-order valence-electron chi connectivity index (χ2n) is 7.24. The number of aryl methyl sites for hydroxylation is 1. The van der Waals surface area contributed by atoms with Gasteiger partial charge in [0.05, 0.1) is 11.4 Å². The summed E-state index contributed by atoms with van der Waals surface area (Å²) in [7, 11) is 0. The van der Waals surface area contributed by atoms with Crippen molar-refractivity contribution in [3.63, 3.8) is 0 Å². The van der Waals surface area contributed by atoms with Gasteiger partial charge in [-0.05, 0) is 61.0 Å². The van der Waals surface area contributed by atoms with Crippen LogP contribution >= 0.6 is 23.2 Å². The van der Waals surface area contributed by atoms with E-state index in [1.54, 1.807) is 42.5 Å². The first kappa shape index (κ1) is 22.4. The van der Waals surface area contributed by atoms with Crippen LogP contribution in [-0.4, -0.2) is 22.8 Å². The molecule has 3 N–H and O–H groups in total. The first-order valence-corrected chi connectivity index (χ1v) is 10.5. The number of phenols is 1. The van der Waals surface area contributed by atoms with E-state index >= 15 is 0 Å². The van der Waals surface area contributed by atoms with Crippen molar-refractivity contribution in [1.29, 1.82) is 0 Å². The van der Waals surface area contributed by atoms with Crippen LogP contribution in [0.2, 0.25) is 5.02 Å². The maximum absolute atomic E-state index is 12.9. The lowest BCUT2D eigenvalue weighted by Crippen LogP contribution is -2.32. The second kappa shape index (κ2) is 8.97. The maximum atomic E-state index is 12.9. The molecule has 0 saturated carbocycles. The lowest BCUT2D eigenvalue weighted by Gasteiger charge is -2.16. The highest BCUT2D eigenvalue weighted by molar-refractivity contribution is 6.53. The van der Waals surface area contributed by atoms with Crippen molar-refractivity contribution in [3.8, 4) is 5.75 Å². The van der Waals surface area contributed by atoms with Crippen molar-refractivity contribution in [2.45, 2.75) is 6.92 Å². The van der Waals surface area contributed by atoms with E-state index in [1.807, 2.05) is 6.92 Å². The molecule has 0 unspecified atom stereocenters. The van der Waals surface area contributed by atoms with Gasteiger partial charge in [0, 0.05) is 16.3 Å². The van der Waals surface area contributed by atoms with Crippen LogP contribution in [0, 0.1) is 6.92 Å². The van der Waals surface area contributed by atoms with Gasteiger partial charge in [-0.2, -0.15) is 0 Å². The second-order valence-corrected chi connectivity index (χ2v) is 8.03. The molecule has 1 heterocycles. The number of carbonyl (C=O) groups excluding carboxylic acids is 3. The molecule has 33 heavy (non-hydrogen) atoms. The molecule has 4 rings (SSSR count). The van der Waals surface area contributed by atoms with Gasteiger partial charge in [-0.15, -0.1) is 0 Å². The smallest absolute Gasteiger partial charge is 0.283 e. The Bertz CT molecular complexity index is 1320. The summed E-state index contributed by atoms with van der Waals surface area (Å²) in [4.78, 5) is 38.9. The molecule has 0 saturated heterocycles. The Hall–Kier alpha value is -3.81. The van der Waals surface area contributed by atoms with Gasteiger partial charge in [-0.25, -0.2) is 4.90 Å². The number of halogens is 2. The van der Waals surface area contributed by atoms with E-state index in [0.29, 0.717) is 22.0 Å². The number of para-hydroxylation sites is 2. The first-order valence-electron chi connectivity index (χ1n) is 9.77. The molecule has 0 aliphatic carbocycles. The summed E-state index contributed by atoms with van der Waals surface area (Å²) >= 11 is 12.3. The topological polar surface area (TPSA) is 98.7 Å². The largest absolute Gasteiger partial charge is 0.506 e. The van der Waals surface area contributed by atoms with Gasteiger partial charge in [0.25, 0.3) is 17.7 Å². The van der Waals surface area contributed by atoms with Gasteiger partial charge in [-0.1, -0.05) is 41.4 Å². The number of imide groups is 1. The predicted molar refractivity (Wildman–Crippen MR) is 128 cm³/mol.